The van der Waals surface area contributed by atoms with Crippen molar-refractivity contribution in [2.24, 2.45) is 11.8 Å². The molecule has 0 radical (unpaired) electrons. The fraction of sp³-hybridized carbons (Fsp3) is 0.647. The predicted octanol–water partition coefficient (Wildman–Crippen LogP) is 4.04. The van der Waals surface area contributed by atoms with Crippen LogP contribution in [-0.2, 0) is 12.0 Å². The van der Waals surface area contributed by atoms with Gasteiger partial charge in [0.25, 0.3) is 0 Å². The molecule has 0 aromatic heterocycles. The van der Waals surface area contributed by atoms with Crippen LogP contribution >= 0.6 is 0 Å². The second-order valence-corrected chi connectivity index (χ2v) is 6.22. The molecule has 3 rings (SSSR count). The highest BCUT2D eigenvalue weighted by molar-refractivity contribution is 5.37. The summed E-state index contributed by atoms with van der Waals surface area (Å²) in [7, 11) is 0. The number of hydrogen-bond acceptors (Lipinski definition) is 1. The number of aliphatic hydroxyl groups is 1. The van der Waals surface area contributed by atoms with Gasteiger partial charge in [-0.2, -0.15) is 0 Å². The third kappa shape index (κ3) is 1.89. The van der Waals surface area contributed by atoms with Gasteiger partial charge < -0.3 is 5.11 Å². The zero-order chi connectivity index (χ0) is 12.6. The van der Waals surface area contributed by atoms with Gasteiger partial charge in [0.1, 0.15) is 0 Å². The molecule has 1 aromatic rings. The molecule has 1 nitrogen and oxygen atoms in total. The molecule has 3 unspecified atom stereocenters. The maximum Gasteiger partial charge on any atom is 0.0930 e. The zero-order valence-corrected chi connectivity index (χ0v) is 11.4. The van der Waals surface area contributed by atoms with Crippen LogP contribution in [0.2, 0.25) is 0 Å². The van der Waals surface area contributed by atoms with E-state index in [2.05, 4.69) is 31.2 Å². The quantitative estimate of drug-likeness (QED) is 0.832. The normalized spacial score (nSPS) is 35.4. The molecule has 18 heavy (non-hydrogen) atoms. The summed E-state index contributed by atoms with van der Waals surface area (Å²) in [6.45, 7) is 2.29. The van der Waals surface area contributed by atoms with Crippen LogP contribution in [0.4, 0.5) is 0 Å². The lowest BCUT2D eigenvalue weighted by molar-refractivity contribution is -0.0457. The van der Waals surface area contributed by atoms with E-state index in [1.807, 2.05) is 0 Å². The highest BCUT2D eigenvalue weighted by Crippen LogP contribution is 2.48. The van der Waals surface area contributed by atoms with Crippen molar-refractivity contribution in [1.82, 2.24) is 0 Å². The first-order valence-electron chi connectivity index (χ1n) is 7.55. The summed E-state index contributed by atoms with van der Waals surface area (Å²) in [6, 6.07) is 8.51. The first-order chi connectivity index (χ1) is 8.74. The van der Waals surface area contributed by atoms with Crippen molar-refractivity contribution in [2.75, 3.05) is 0 Å². The van der Waals surface area contributed by atoms with E-state index >= 15 is 0 Å². The zero-order valence-electron chi connectivity index (χ0n) is 11.4. The second kappa shape index (κ2) is 4.70. The van der Waals surface area contributed by atoms with Crippen LogP contribution in [0.25, 0.3) is 0 Å². The second-order valence-electron chi connectivity index (χ2n) is 6.22. The van der Waals surface area contributed by atoms with Crippen molar-refractivity contribution in [3.8, 4) is 0 Å². The molecule has 0 amide bonds. The Bertz CT molecular complexity index is 425. The van der Waals surface area contributed by atoms with Crippen molar-refractivity contribution in [2.45, 2.75) is 57.5 Å². The number of rotatable bonds is 2. The van der Waals surface area contributed by atoms with Gasteiger partial charge in [0, 0.05) is 0 Å². The molecule has 0 bridgehead atoms. The molecule has 0 spiro atoms. The lowest BCUT2D eigenvalue weighted by atomic mass is 9.70. The van der Waals surface area contributed by atoms with E-state index in [0.29, 0.717) is 5.92 Å². The fourth-order valence-electron chi connectivity index (χ4n) is 4.14. The monoisotopic (exact) mass is 244 g/mol. The van der Waals surface area contributed by atoms with E-state index < -0.39 is 5.60 Å². The maximum atomic E-state index is 11.2. The van der Waals surface area contributed by atoms with E-state index in [4.69, 9.17) is 0 Å². The molecule has 98 valence electrons. The molecule has 3 atom stereocenters. The summed E-state index contributed by atoms with van der Waals surface area (Å²) in [5.74, 6) is 1.32. The van der Waals surface area contributed by atoms with Crippen molar-refractivity contribution in [3.63, 3.8) is 0 Å². The molecule has 1 saturated carbocycles. The molecule has 0 saturated heterocycles. The van der Waals surface area contributed by atoms with E-state index in [0.717, 1.165) is 18.8 Å². The number of fused-ring (bicyclic) bond motifs is 1. The number of hydrogen-bond donors (Lipinski definition) is 1. The Balaban J connectivity index is 1.87. The summed E-state index contributed by atoms with van der Waals surface area (Å²) in [4.78, 5) is 0. The Morgan fingerprint density at radius 2 is 2.11 bits per heavy atom. The van der Waals surface area contributed by atoms with Gasteiger partial charge in [0.05, 0.1) is 5.60 Å². The summed E-state index contributed by atoms with van der Waals surface area (Å²) < 4.78 is 0. The summed E-state index contributed by atoms with van der Waals surface area (Å²) in [5, 5.41) is 11.2. The molecule has 2 aliphatic rings. The van der Waals surface area contributed by atoms with Crippen LogP contribution in [0.5, 0.6) is 0 Å². The minimum atomic E-state index is -0.523. The molecule has 1 N–H and O–H groups in total. The molecular weight excluding hydrogens is 220 g/mol. The topological polar surface area (TPSA) is 20.2 Å². The van der Waals surface area contributed by atoms with Crippen molar-refractivity contribution in [3.05, 3.63) is 35.4 Å². The Morgan fingerprint density at radius 1 is 1.28 bits per heavy atom. The first-order valence-corrected chi connectivity index (χ1v) is 7.55. The number of benzene rings is 1. The third-order valence-corrected chi connectivity index (χ3v) is 5.29. The SMILES string of the molecule is CCC1CCCC(C2(O)CCc3ccccc32)C1. The van der Waals surface area contributed by atoms with Crippen LogP contribution in [0, 0.1) is 11.8 Å². The highest BCUT2D eigenvalue weighted by atomic mass is 16.3. The van der Waals surface area contributed by atoms with Gasteiger partial charge in [-0.3, -0.25) is 0 Å². The molecule has 1 fully saturated rings. The number of aryl methyl sites for hydroxylation is 1. The molecule has 0 heterocycles. The third-order valence-electron chi connectivity index (χ3n) is 5.29. The lowest BCUT2D eigenvalue weighted by Crippen LogP contribution is -2.36. The summed E-state index contributed by atoms with van der Waals surface area (Å²) >= 11 is 0. The summed E-state index contributed by atoms with van der Waals surface area (Å²) in [5.41, 5.74) is 2.08. The van der Waals surface area contributed by atoms with E-state index in [1.54, 1.807) is 0 Å². The van der Waals surface area contributed by atoms with E-state index in [9.17, 15) is 5.11 Å². The van der Waals surface area contributed by atoms with E-state index in [-0.39, 0.29) is 0 Å². The van der Waals surface area contributed by atoms with Crippen molar-refractivity contribution in [1.29, 1.82) is 0 Å². The Kier molecular flexibility index (Phi) is 3.19. The van der Waals surface area contributed by atoms with Crippen LogP contribution in [0.3, 0.4) is 0 Å². The fourth-order valence-corrected chi connectivity index (χ4v) is 4.14. The van der Waals surface area contributed by atoms with E-state index in [1.165, 1.54) is 43.2 Å². The standard InChI is InChI=1S/C17H24O/c1-2-13-6-5-8-15(12-13)17(18)11-10-14-7-3-4-9-16(14)17/h3-4,7,9,13,15,18H,2,5-6,8,10-12H2,1H3. The van der Waals surface area contributed by atoms with Crippen LogP contribution in [-0.4, -0.2) is 5.11 Å². The largest absolute Gasteiger partial charge is 0.385 e. The van der Waals surface area contributed by atoms with Gasteiger partial charge in [-0.05, 0) is 48.6 Å². The minimum absolute atomic E-state index is 0.486. The molecule has 1 aromatic carbocycles. The Labute approximate surface area is 110 Å². The van der Waals surface area contributed by atoms with Gasteiger partial charge in [-0.15, -0.1) is 0 Å². The highest BCUT2D eigenvalue weighted by Gasteiger charge is 2.44. The van der Waals surface area contributed by atoms with Crippen LogP contribution < -0.4 is 0 Å². The molecule has 0 aliphatic heterocycles. The smallest absolute Gasteiger partial charge is 0.0930 e. The van der Waals surface area contributed by atoms with Gasteiger partial charge >= 0.3 is 0 Å². The average molecular weight is 244 g/mol. The van der Waals surface area contributed by atoms with Gasteiger partial charge in [-0.1, -0.05) is 50.5 Å². The molecule has 2 aliphatic carbocycles. The van der Waals surface area contributed by atoms with Gasteiger partial charge in [-0.25, -0.2) is 0 Å². The molecular formula is C17H24O. The van der Waals surface area contributed by atoms with Gasteiger partial charge in [0.15, 0.2) is 0 Å². The lowest BCUT2D eigenvalue weighted by Gasteiger charge is -2.39. The molecule has 1 heteroatoms. The van der Waals surface area contributed by atoms with Gasteiger partial charge in [0.2, 0.25) is 0 Å². The summed E-state index contributed by atoms with van der Waals surface area (Å²) in [6.07, 6.45) is 8.36. The first kappa shape index (κ1) is 12.2. The maximum absolute atomic E-state index is 11.2. The minimum Gasteiger partial charge on any atom is -0.385 e. The predicted molar refractivity (Wildman–Crippen MR) is 74.4 cm³/mol. The Hall–Kier alpha value is -0.820. The van der Waals surface area contributed by atoms with Crippen molar-refractivity contribution < 1.29 is 5.11 Å². The average Bonchev–Trinajstić information content (AvgIpc) is 2.79. The van der Waals surface area contributed by atoms with Crippen molar-refractivity contribution >= 4 is 0 Å². The van der Waals surface area contributed by atoms with Crippen LogP contribution in [0.15, 0.2) is 24.3 Å². The van der Waals surface area contributed by atoms with Crippen LogP contribution in [0.1, 0.15) is 56.6 Å². The Morgan fingerprint density at radius 3 is 2.94 bits per heavy atom.